The second-order valence-electron chi connectivity index (χ2n) is 8.86. The smallest absolute Gasteiger partial charge is 0.270 e. The standard InChI is InChI=1S/C26H31N3O3S/c1-4-14-29-24-11-10-23(33(31,32)27(2)3)18-22(24)19-25(29)26(30)28-15-12-21(13-16-28)17-20-8-6-5-7-9-20/h4-11,18-19,21H,1,12-17H2,2-3H3. The quantitative estimate of drug-likeness (QED) is 0.492. The van der Waals surface area contributed by atoms with Gasteiger partial charge in [0.05, 0.1) is 4.90 Å². The number of amides is 1. The lowest BCUT2D eigenvalue weighted by atomic mass is 9.90. The van der Waals surface area contributed by atoms with E-state index in [0.29, 0.717) is 18.2 Å². The minimum absolute atomic E-state index is 0.0109. The second kappa shape index (κ2) is 9.53. The highest BCUT2D eigenvalue weighted by molar-refractivity contribution is 7.89. The molecule has 1 fully saturated rings. The molecule has 1 aromatic heterocycles. The Morgan fingerprint density at radius 3 is 2.42 bits per heavy atom. The summed E-state index contributed by atoms with van der Waals surface area (Å²) in [4.78, 5) is 15.6. The Bertz CT molecular complexity index is 1250. The topological polar surface area (TPSA) is 62.6 Å². The molecule has 0 unspecified atom stereocenters. The third-order valence-corrected chi connectivity index (χ3v) is 8.26. The van der Waals surface area contributed by atoms with E-state index < -0.39 is 10.0 Å². The first-order valence-electron chi connectivity index (χ1n) is 11.3. The van der Waals surface area contributed by atoms with E-state index in [2.05, 4.69) is 30.8 Å². The van der Waals surface area contributed by atoms with Gasteiger partial charge in [0, 0.05) is 44.6 Å². The summed E-state index contributed by atoms with van der Waals surface area (Å²) in [5, 5.41) is 0.738. The number of nitrogens with zero attached hydrogens (tertiary/aromatic N) is 3. The summed E-state index contributed by atoms with van der Waals surface area (Å²) in [6.07, 6.45) is 4.76. The van der Waals surface area contributed by atoms with Crippen molar-refractivity contribution in [3.05, 3.63) is 78.5 Å². The molecule has 1 aliphatic rings. The SMILES string of the molecule is C=CCn1c(C(=O)N2CCC(Cc3ccccc3)CC2)cc2cc(S(=O)(=O)N(C)C)ccc21. The van der Waals surface area contributed by atoms with Crippen LogP contribution in [0.5, 0.6) is 0 Å². The molecule has 174 valence electrons. The van der Waals surface area contributed by atoms with Crippen molar-refractivity contribution in [2.24, 2.45) is 5.92 Å². The van der Waals surface area contributed by atoms with Crippen LogP contribution in [0.1, 0.15) is 28.9 Å². The lowest BCUT2D eigenvalue weighted by Crippen LogP contribution is -2.39. The van der Waals surface area contributed by atoms with E-state index in [1.165, 1.54) is 24.0 Å². The molecule has 0 atom stereocenters. The van der Waals surface area contributed by atoms with Crippen molar-refractivity contribution in [2.45, 2.75) is 30.7 Å². The highest BCUT2D eigenvalue weighted by Gasteiger charge is 2.27. The van der Waals surface area contributed by atoms with E-state index in [1.807, 2.05) is 21.6 Å². The van der Waals surface area contributed by atoms with Gasteiger partial charge in [0.2, 0.25) is 10.0 Å². The number of fused-ring (bicyclic) bond motifs is 1. The van der Waals surface area contributed by atoms with Crippen molar-refractivity contribution in [1.29, 1.82) is 0 Å². The van der Waals surface area contributed by atoms with Gasteiger partial charge in [0.1, 0.15) is 5.69 Å². The van der Waals surface area contributed by atoms with Gasteiger partial charge in [-0.2, -0.15) is 0 Å². The zero-order valence-corrected chi connectivity index (χ0v) is 20.1. The number of carbonyl (C=O) groups is 1. The van der Waals surface area contributed by atoms with Crippen molar-refractivity contribution in [1.82, 2.24) is 13.8 Å². The number of likely N-dealkylation sites (tertiary alicyclic amines) is 1. The maximum absolute atomic E-state index is 13.5. The van der Waals surface area contributed by atoms with Crippen molar-refractivity contribution >= 4 is 26.8 Å². The van der Waals surface area contributed by atoms with Gasteiger partial charge in [0.25, 0.3) is 5.91 Å². The van der Waals surface area contributed by atoms with Crippen molar-refractivity contribution in [3.8, 4) is 0 Å². The molecule has 1 aliphatic heterocycles. The molecule has 0 N–H and O–H groups in total. The van der Waals surface area contributed by atoms with Crippen LogP contribution in [-0.4, -0.2) is 55.3 Å². The van der Waals surface area contributed by atoms with Gasteiger partial charge >= 0.3 is 0 Å². The number of benzene rings is 2. The monoisotopic (exact) mass is 465 g/mol. The van der Waals surface area contributed by atoms with Crippen LogP contribution >= 0.6 is 0 Å². The highest BCUT2D eigenvalue weighted by atomic mass is 32.2. The minimum Gasteiger partial charge on any atom is -0.337 e. The lowest BCUT2D eigenvalue weighted by Gasteiger charge is -2.32. The summed E-state index contributed by atoms with van der Waals surface area (Å²) in [6, 6.07) is 17.3. The van der Waals surface area contributed by atoms with Gasteiger partial charge < -0.3 is 9.47 Å². The van der Waals surface area contributed by atoms with E-state index in [4.69, 9.17) is 0 Å². The van der Waals surface area contributed by atoms with Gasteiger partial charge in [-0.3, -0.25) is 4.79 Å². The summed E-state index contributed by atoms with van der Waals surface area (Å²) >= 11 is 0. The number of hydrogen-bond acceptors (Lipinski definition) is 3. The lowest BCUT2D eigenvalue weighted by molar-refractivity contribution is 0.0680. The predicted octanol–water partition coefficient (Wildman–Crippen LogP) is 4.17. The first-order valence-corrected chi connectivity index (χ1v) is 12.7. The average Bonchev–Trinajstić information content (AvgIpc) is 3.17. The Morgan fingerprint density at radius 1 is 1.09 bits per heavy atom. The van der Waals surface area contributed by atoms with E-state index in [1.54, 1.807) is 24.3 Å². The van der Waals surface area contributed by atoms with Gasteiger partial charge in [-0.1, -0.05) is 36.4 Å². The molecule has 33 heavy (non-hydrogen) atoms. The molecule has 3 aromatic rings. The molecule has 2 aromatic carbocycles. The first-order chi connectivity index (χ1) is 15.8. The van der Waals surface area contributed by atoms with Crippen LogP contribution in [0.25, 0.3) is 10.9 Å². The average molecular weight is 466 g/mol. The molecular formula is C26H31N3O3S. The Morgan fingerprint density at radius 2 is 1.79 bits per heavy atom. The van der Waals surface area contributed by atoms with Crippen molar-refractivity contribution in [2.75, 3.05) is 27.2 Å². The molecule has 2 heterocycles. The number of aromatic nitrogens is 1. The summed E-state index contributed by atoms with van der Waals surface area (Å²) in [5.41, 5.74) is 2.75. The van der Waals surface area contributed by atoms with Crippen LogP contribution in [0, 0.1) is 5.92 Å². The van der Waals surface area contributed by atoms with Crippen LogP contribution < -0.4 is 0 Å². The van der Waals surface area contributed by atoms with Crippen molar-refractivity contribution < 1.29 is 13.2 Å². The number of sulfonamides is 1. The summed E-state index contributed by atoms with van der Waals surface area (Å²) in [7, 11) is -0.523. The van der Waals surface area contributed by atoms with Crippen LogP contribution in [0.2, 0.25) is 0 Å². The minimum atomic E-state index is -3.55. The molecule has 0 aliphatic carbocycles. The number of hydrogen-bond donors (Lipinski definition) is 0. The molecular weight excluding hydrogens is 434 g/mol. The molecule has 1 saturated heterocycles. The van der Waals surface area contributed by atoms with E-state index in [0.717, 1.165) is 43.3 Å². The highest BCUT2D eigenvalue weighted by Crippen LogP contribution is 2.28. The summed E-state index contributed by atoms with van der Waals surface area (Å²) in [5.74, 6) is 0.567. The molecule has 0 bridgehead atoms. The predicted molar refractivity (Wildman–Crippen MR) is 132 cm³/mol. The molecule has 4 rings (SSSR count). The summed E-state index contributed by atoms with van der Waals surface area (Å²) < 4.78 is 28.2. The van der Waals surface area contributed by atoms with Gasteiger partial charge in [-0.15, -0.1) is 6.58 Å². The maximum atomic E-state index is 13.5. The fraction of sp³-hybridized carbons (Fsp3) is 0.346. The molecule has 0 saturated carbocycles. The van der Waals surface area contributed by atoms with Crippen LogP contribution in [0.15, 0.2) is 72.1 Å². The van der Waals surface area contributed by atoms with E-state index in [-0.39, 0.29) is 10.8 Å². The van der Waals surface area contributed by atoms with Gasteiger partial charge in [-0.05, 0) is 55.0 Å². The maximum Gasteiger partial charge on any atom is 0.270 e. The third-order valence-electron chi connectivity index (χ3n) is 6.45. The number of rotatable bonds is 7. The fourth-order valence-electron chi connectivity index (χ4n) is 4.57. The third kappa shape index (κ3) is 4.75. The zero-order valence-electron chi connectivity index (χ0n) is 19.3. The zero-order chi connectivity index (χ0) is 23.6. The number of piperidine rings is 1. The number of allylic oxidation sites excluding steroid dienone is 1. The van der Waals surface area contributed by atoms with Crippen LogP contribution in [-0.2, 0) is 23.0 Å². The Labute approximate surface area is 196 Å². The molecule has 6 nitrogen and oxygen atoms in total. The van der Waals surface area contributed by atoms with Crippen LogP contribution in [0.4, 0.5) is 0 Å². The van der Waals surface area contributed by atoms with Crippen LogP contribution in [0.3, 0.4) is 0 Å². The molecule has 1 amide bonds. The normalized spacial score (nSPS) is 15.3. The van der Waals surface area contributed by atoms with E-state index in [9.17, 15) is 13.2 Å². The molecule has 7 heteroatoms. The Balaban J connectivity index is 1.56. The van der Waals surface area contributed by atoms with Crippen molar-refractivity contribution in [3.63, 3.8) is 0 Å². The Kier molecular flexibility index (Phi) is 6.72. The number of carbonyl (C=O) groups excluding carboxylic acids is 1. The van der Waals surface area contributed by atoms with Gasteiger partial charge in [-0.25, -0.2) is 12.7 Å². The Hall–Kier alpha value is -2.90. The van der Waals surface area contributed by atoms with Gasteiger partial charge in [0.15, 0.2) is 0 Å². The second-order valence-corrected chi connectivity index (χ2v) is 11.0. The van der Waals surface area contributed by atoms with E-state index >= 15 is 0 Å². The summed E-state index contributed by atoms with van der Waals surface area (Å²) in [6.45, 7) is 5.77. The molecule has 0 spiro atoms. The first kappa shape index (κ1) is 23.3. The fourth-order valence-corrected chi connectivity index (χ4v) is 5.51. The largest absolute Gasteiger partial charge is 0.337 e. The molecule has 0 radical (unpaired) electrons.